The number of hydrogen-bond acceptors (Lipinski definition) is 4. The van der Waals surface area contributed by atoms with Crippen LogP contribution in [0.3, 0.4) is 0 Å². The Bertz CT molecular complexity index is 812. The molecule has 6 heteroatoms. The molecule has 1 amide bonds. The Kier molecular flexibility index (Phi) is 6.63. The molecule has 3 rings (SSSR count). The highest BCUT2D eigenvalue weighted by Crippen LogP contribution is 2.36. The van der Waals surface area contributed by atoms with Gasteiger partial charge < -0.3 is 14.4 Å². The van der Waals surface area contributed by atoms with Gasteiger partial charge in [0.1, 0.15) is 13.4 Å². The van der Waals surface area contributed by atoms with E-state index in [4.69, 9.17) is 17.3 Å². The van der Waals surface area contributed by atoms with Crippen LogP contribution >= 0.6 is 0 Å². The SMILES string of the molecule is [B]c1cncc(COCC2(c3ccccc3)CCN(C(=O)OC(C)(C)C)CC2)c1. The molecular weight excluding hydrogens is 363 g/mol. The van der Waals surface area contributed by atoms with Gasteiger partial charge in [-0.2, -0.15) is 0 Å². The van der Waals surface area contributed by atoms with E-state index in [0.717, 1.165) is 18.4 Å². The monoisotopic (exact) mass is 392 g/mol. The van der Waals surface area contributed by atoms with Gasteiger partial charge in [0.15, 0.2) is 0 Å². The molecule has 1 fully saturated rings. The first-order valence-corrected chi connectivity index (χ1v) is 10.1. The van der Waals surface area contributed by atoms with Crippen LogP contribution in [0.4, 0.5) is 4.79 Å². The van der Waals surface area contributed by atoms with Crippen LogP contribution in [0.2, 0.25) is 0 Å². The molecule has 1 aromatic heterocycles. The van der Waals surface area contributed by atoms with Crippen molar-refractivity contribution in [2.24, 2.45) is 0 Å². The topological polar surface area (TPSA) is 51.7 Å². The van der Waals surface area contributed by atoms with Crippen molar-refractivity contribution >= 4 is 19.4 Å². The molecule has 29 heavy (non-hydrogen) atoms. The first-order valence-electron chi connectivity index (χ1n) is 10.1. The van der Waals surface area contributed by atoms with Crippen LogP contribution in [0.25, 0.3) is 0 Å². The molecule has 0 atom stereocenters. The van der Waals surface area contributed by atoms with Gasteiger partial charge in [-0.3, -0.25) is 4.98 Å². The number of carbonyl (C=O) groups excluding carboxylic acids is 1. The Morgan fingerprint density at radius 3 is 2.48 bits per heavy atom. The summed E-state index contributed by atoms with van der Waals surface area (Å²) < 4.78 is 11.7. The first-order chi connectivity index (χ1) is 13.8. The number of hydrogen-bond donors (Lipinski definition) is 0. The van der Waals surface area contributed by atoms with E-state index in [1.807, 2.05) is 32.9 Å². The summed E-state index contributed by atoms with van der Waals surface area (Å²) in [6.07, 6.45) is 4.81. The predicted molar refractivity (Wildman–Crippen MR) is 114 cm³/mol. The third-order valence-corrected chi connectivity index (χ3v) is 5.22. The number of benzene rings is 1. The molecule has 5 nitrogen and oxygen atoms in total. The van der Waals surface area contributed by atoms with Crippen molar-refractivity contribution in [3.05, 3.63) is 59.9 Å². The molecule has 1 aliphatic heterocycles. The summed E-state index contributed by atoms with van der Waals surface area (Å²) in [5.41, 5.74) is 2.22. The fraction of sp³-hybridized carbons (Fsp3) is 0.478. The van der Waals surface area contributed by atoms with Crippen molar-refractivity contribution in [2.75, 3.05) is 19.7 Å². The lowest BCUT2D eigenvalue weighted by Gasteiger charge is -2.42. The molecule has 1 saturated heterocycles. The lowest BCUT2D eigenvalue weighted by Crippen LogP contribution is -2.48. The molecule has 152 valence electrons. The smallest absolute Gasteiger partial charge is 0.410 e. The van der Waals surface area contributed by atoms with Crippen LogP contribution in [0, 0.1) is 0 Å². The third-order valence-electron chi connectivity index (χ3n) is 5.22. The zero-order valence-corrected chi connectivity index (χ0v) is 17.6. The number of pyridine rings is 1. The van der Waals surface area contributed by atoms with E-state index < -0.39 is 5.60 Å². The number of ether oxygens (including phenoxy) is 2. The van der Waals surface area contributed by atoms with Crippen LogP contribution in [-0.4, -0.2) is 49.1 Å². The summed E-state index contributed by atoms with van der Waals surface area (Å²) in [4.78, 5) is 18.4. The van der Waals surface area contributed by atoms with Gasteiger partial charge in [0.2, 0.25) is 0 Å². The van der Waals surface area contributed by atoms with Crippen molar-refractivity contribution in [2.45, 2.75) is 51.2 Å². The molecular formula is C23H29BN2O3. The molecule has 1 aliphatic rings. The maximum atomic E-state index is 12.4. The molecule has 0 aliphatic carbocycles. The molecule has 0 N–H and O–H groups in total. The maximum absolute atomic E-state index is 12.4. The van der Waals surface area contributed by atoms with Crippen molar-refractivity contribution < 1.29 is 14.3 Å². The zero-order chi connectivity index (χ0) is 20.9. The van der Waals surface area contributed by atoms with Crippen LogP contribution in [0.5, 0.6) is 0 Å². The van der Waals surface area contributed by atoms with E-state index in [0.29, 0.717) is 31.8 Å². The molecule has 2 aromatic rings. The van der Waals surface area contributed by atoms with Gasteiger partial charge in [0, 0.05) is 30.9 Å². The number of piperidine rings is 1. The Labute approximate surface area is 174 Å². The van der Waals surface area contributed by atoms with Crippen molar-refractivity contribution in [3.63, 3.8) is 0 Å². The minimum Gasteiger partial charge on any atom is -0.444 e. The van der Waals surface area contributed by atoms with Gasteiger partial charge in [-0.1, -0.05) is 41.9 Å². The Hall–Kier alpha value is -2.34. The zero-order valence-electron chi connectivity index (χ0n) is 17.6. The van der Waals surface area contributed by atoms with Crippen molar-refractivity contribution in [1.82, 2.24) is 9.88 Å². The highest BCUT2D eigenvalue weighted by atomic mass is 16.6. The maximum Gasteiger partial charge on any atom is 0.410 e. The standard InChI is InChI=1S/C23H29BN2O3/c1-22(2,3)29-21(27)26-11-9-23(10-12-26,19-7-5-4-6-8-19)17-28-16-18-13-20(24)15-25-14-18/h4-8,13-15H,9-12,16-17H2,1-3H3. The average Bonchev–Trinajstić information content (AvgIpc) is 2.68. The summed E-state index contributed by atoms with van der Waals surface area (Å²) in [7, 11) is 5.81. The normalized spacial score (nSPS) is 16.4. The second kappa shape index (κ2) is 8.99. The Morgan fingerprint density at radius 1 is 1.17 bits per heavy atom. The van der Waals surface area contributed by atoms with E-state index >= 15 is 0 Å². The van der Waals surface area contributed by atoms with Crippen LogP contribution in [-0.2, 0) is 21.5 Å². The third kappa shape index (κ3) is 5.83. The molecule has 0 bridgehead atoms. The number of nitrogens with zero attached hydrogens (tertiary/aromatic N) is 2. The number of amides is 1. The summed E-state index contributed by atoms with van der Waals surface area (Å²) in [5, 5.41) is 0. The number of rotatable bonds is 5. The average molecular weight is 392 g/mol. The van der Waals surface area contributed by atoms with Gasteiger partial charge in [0.25, 0.3) is 0 Å². The Morgan fingerprint density at radius 2 is 1.86 bits per heavy atom. The highest BCUT2D eigenvalue weighted by Gasteiger charge is 2.38. The molecule has 1 aromatic carbocycles. The van der Waals surface area contributed by atoms with Crippen molar-refractivity contribution in [3.8, 4) is 0 Å². The Balaban J connectivity index is 1.67. The fourth-order valence-corrected chi connectivity index (χ4v) is 3.70. The van der Waals surface area contributed by atoms with Crippen LogP contribution in [0.1, 0.15) is 44.7 Å². The van der Waals surface area contributed by atoms with E-state index in [2.05, 4.69) is 29.2 Å². The predicted octanol–water partition coefficient (Wildman–Crippen LogP) is 3.36. The molecule has 0 unspecified atom stereocenters. The van der Waals surface area contributed by atoms with Crippen LogP contribution in [0.15, 0.2) is 48.8 Å². The van der Waals surface area contributed by atoms with E-state index in [1.54, 1.807) is 17.3 Å². The van der Waals surface area contributed by atoms with Gasteiger partial charge in [-0.25, -0.2) is 4.79 Å². The number of aromatic nitrogens is 1. The van der Waals surface area contributed by atoms with Gasteiger partial charge in [-0.15, -0.1) is 0 Å². The van der Waals surface area contributed by atoms with E-state index in [-0.39, 0.29) is 11.5 Å². The minimum atomic E-state index is -0.486. The largest absolute Gasteiger partial charge is 0.444 e. The lowest BCUT2D eigenvalue weighted by molar-refractivity contribution is 0.00332. The summed E-state index contributed by atoms with van der Waals surface area (Å²) in [6, 6.07) is 12.3. The summed E-state index contributed by atoms with van der Waals surface area (Å²) in [5.74, 6) is 0. The lowest BCUT2D eigenvalue weighted by atomic mass is 9.73. The fourth-order valence-electron chi connectivity index (χ4n) is 3.70. The van der Waals surface area contributed by atoms with Gasteiger partial charge >= 0.3 is 6.09 Å². The number of likely N-dealkylation sites (tertiary alicyclic amines) is 1. The molecule has 0 spiro atoms. The van der Waals surface area contributed by atoms with Crippen LogP contribution < -0.4 is 5.46 Å². The molecule has 0 saturated carbocycles. The highest BCUT2D eigenvalue weighted by molar-refractivity contribution is 6.32. The van der Waals surface area contributed by atoms with E-state index in [9.17, 15) is 4.79 Å². The summed E-state index contributed by atoms with van der Waals surface area (Å²) >= 11 is 0. The molecule has 2 radical (unpaired) electrons. The minimum absolute atomic E-state index is 0.131. The molecule has 2 heterocycles. The summed E-state index contributed by atoms with van der Waals surface area (Å²) in [6.45, 7) is 8.00. The second-order valence-corrected chi connectivity index (χ2v) is 8.73. The van der Waals surface area contributed by atoms with E-state index in [1.165, 1.54) is 5.56 Å². The van der Waals surface area contributed by atoms with Gasteiger partial charge in [0.05, 0.1) is 13.2 Å². The van der Waals surface area contributed by atoms with Crippen molar-refractivity contribution in [1.29, 1.82) is 0 Å². The number of carbonyl (C=O) groups is 1. The first kappa shape index (κ1) is 21.4. The second-order valence-electron chi connectivity index (χ2n) is 8.73. The van der Waals surface area contributed by atoms with Gasteiger partial charge in [-0.05, 0) is 44.7 Å². The quantitative estimate of drug-likeness (QED) is 0.733.